The smallest absolute Gasteiger partial charge is 0.240 e. The second-order valence-corrected chi connectivity index (χ2v) is 8.85. The number of imide groups is 1. The molecule has 1 aliphatic carbocycles. The fourth-order valence-corrected chi connectivity index (χ4v) is 3.70. The first-order chi connectivity index (χ1) is 14.2. The lowest BCUT2D eigenvalue weighted by Gasteiger charge is -2.24. The van der Waals surface area contributed by atoms with Gasteiger partial charge >= 0.3 is 0 Å². The van der Waals surface area contributed by atoms with Crippen LogP contribution in [0.3, 0.4) is 0 Å². The van der Waals surface area contributed by atoms with Crippen LogP contribution in [0.15, 0.2) is 30.5 Å². The molecule has 3 rings (SSSR count). The van der Waals surface area contributed by atoms with Gasteiger partial charge in [0.25, 0.3) is 0 Å². The third kappa shape index (κ3) is 4.41. The maximum atomic E-state index is 12.9. The Morgan fingerprint density at radius 3 is 2.80 bits per heavy atom. The van der Waals surface area contributed by atoms with E-state index in [0.29, 0.717) is 24.3 Å². The lowest BCUT2D eigenvalue weighted by Crippen LogP contribution is -2.36. The maximum Gasteiger partial charge on any atom is 0.240 e. The van der Waals surface area contributed by atoms with Crippen molar-refractivity contribution in [2.75, 3.05) is 18.4 Å². The summed E-state index contributed by atoms with van der Waals surface area (Å²) in [6.07, 6.45) is 10.4. The maximum absolute atomic E-state index is 12.9. The van der Waals surface area contributed by atoms with E-state index in [9.17, 15) is 9.59 Å². The third-order valence-corrected chi connectivity index (χ3v) is 5.72. The molecule has 0 aromatic carbocycles. The molecule has 1 N–H and O–H groups in total. The van der Waals surface area contributed by atoms with Crippen LogP contribution in [0, 0.1) is 28.6 Å². The number of carbonyl (C=O) groups excluding carboxylic acids is 2. The van der Waals surface area contributed by atoms with Crippen LogP contribution < -0.4 is 5.32 Å². The summed E-state index contributed by atoms with van der Waals surface area (Å²) in [5.74, 6) is 6.31. The summed E-state index contributed by atoms with van der Waals surface area (Å²) in [4.78, 5) is 35.3. The molecule has 0 radical (unpaired) electrons. The number of fused-ring (bicyclic) bond motifs is 1. The molecule has 2 heterocycles. The van der Waals surface area contributed by atoms with E-state index in [1.54, 1.807) is 6.20 Å². The van der Waals surface area contributed by atoms with Gasteiger partial charge in [0.15, 0.2) is 0 Å². The van der Waals surface area contributed by atoms with Gasteiger partial charge in [-0.05, 0) is 45.2 Å². The molecule has 0 bridgehead atoms. The summed E-state index contributed by atoms with van der Waals surface area (Å²) < 4.78 is 0. The number of nitrogens with zero attached hydrogens (tertiary/aromatic N) is 3. The third-order valence-electron chi connectivity index (χ3n) is 5.54. The van der Waals surface area contributed by atoms with Crippen LogP contribution in [0.4, 0.5) is 5.82 Å². The molecule has 7 heteroatoms. The number of likely N-dealkylation sites (tertiary alicyclic amines) is 1. The second-order valence-electron chi connectivity index (χ2n) is 8.51. The van der Waals surface area contributed by atoms with E-state index in [-0.39, 0.29) is 17.1 Å². The van der Waals surface area contributed by atoms with Gasteiger partial charge in [-0.25, -0.2) is 4.98 Å². The van der Waals surface area contributed by atoms with Crippen molar-refractivity contribution in [1.29, 1.82) is 0 Å². The predicted molar refractivity (Wildman–Crippen MR) is 118 cm³/mol. The van der Waals surface area contributed by atoms with E-state index in [4.69, 9.17) is 11.6 Å². The van der Waals surface area contributed by atoms with Crippen molar-refractivity contribution in [2.45, 2.75) is 40.5 Å². The Bertz CT molecular complexity index is 973. The van der Waals surface area contributed by atoms with E-state index in [1.165, 1.54) is 4.90 Å². The topological polar surface area (TPSA) is 75.2 Å². The van der Waals surface area contributed by atoms with Crippen LogP contribution in [-0.2, 0) is 9.59 Å². The molecule has 2 atom stereocenters. The highest BCUT2D eigenvalue weighted by Gasteiger charge is 2.54. The fraction of sp³-hybridized carbons (Fsp3) is 0.478. The highest BCUT2D eigenvalue weighted by atomic mass is 35.5. The van der Waals surface area contributed by atoms with E-state index in [2.05, 4.69) is 34.0 Å². The van der Waals surface area contributed by atoms with Crippen LogP contribution >= 0.6 is 11.6 Å². The number of carbonyl (C=O) groups is 2. The van der Waals surface area contributed by atoms with Crippen molar-refractivity contribution in [2.24, 2.45) is 16.7 Å². The van der Waals surface area contributed by atoms with Crippen molar-refractivity contribution in [3.05, 3.63) is 41.3 Å². The number of halogens is 1. The molecule has 30 heavy (non-hydrogen) atoms. The quantitative estimate of drug-likeness (QED) is 0.425. The Kier molecular flexibility index (Phi) is 6.33. The van der Waals surface area contributed by atoms with Gasteiger partial charge in [-0.1, -0.05) is 43.1 Å². The van der Waals surface area contributed by atoms with Crippen molar-refractivity contribution >= 4 is 29.2 Å². The summed E-state index contributed by atoms with van der Waals surface area (Å²) in [7, 11) is 0. The molecule has 1 aliphatic heterocycles. The Hall–Kier alpha value is -2.65. The first kappa shape index (κ1) is 22.0. The zero-order chi connectivity index (χ0) is 21.9. The highest BCUT2D eigenvalue weighted by molar-refractivity contribution is 6.28. The molecule has 1 aromatic rings. The second kappa shape index (κ2) is 8.61. The molecular weight excluding hydrogens is 400 g/mol. The zero-order valence-electron chi connectivity index (χ0n) is 17.8. The number of rotatable bonds is 6. The van der Waals surface area contributed by atoms with Gasteiger partial charge < -0.3 is 5.32 Å². The normalized spacial score (nSPS) is 22.7. The SMILES string of the molecule is CCCNc1nc(Cl)ncc1C#CC(C)(C)CCN1C(=O)C2C=CC=CC2(C)C1=O. The Labute approximate surface area is 182 Å². The van der Waals surface area contributed by atoms with E-state index in [1.807, 2.05) is 45.1 Å². The summed E-state index contributed by atoms with van der Waals surface area (Å²) in [5.41, 5.74) is -0.520. The molecule has 6 nitrogen and oxygen atoms in total. The summed E-state index contributed by atoms with van der Waals surface area (Å²) in [6, 6.07) is 0. The summed E-state index contributed by atoms with van der Waals surface area (Å²) in [6.45, 7) is 8.98. The largest absolute Gasteiger partial charge is 0.369 e. The molecule has 158 valence electrons. The standard InChI is InChI=1S/C23H27ClN4O2/c1-5-13-25-18-16(15-26-21(24)27-18)9-11-22(2,3)12-14-28-19(29)17-8-6-7-10-23(17,4)20(28)30/h6-8,10,15,17H,5,12-14H2,1-4H3,(H,25,26,27). The molecule has 1 fully saturated rings. The molecule has 1 aromatic heterocycles. The van der Waals surface area contributed by atoms with E-state index in [0.717, 1.165) is 13.0 Å². The van der Waals surface area contributed by atoms with Crippen molar-refractivity contribution in [3.63, 3.8) is 0 Å². The predicted octanol–water partition coefficient (Wildman–Crippen LogP) is 3.84. The minimum atomic E-state index is -0.776. The number of hydrogen-bond acceptors (Lipinski definition) is 5. The summed E-state index contributed by atoms with van der Waals surface area (Å²) >= 11 is 5.91. The average molecular weight is 427 g/mol. The van der Waals surface area contributed by atoms with Crippen molar-refractivity contribution in [1.82, 2.24) is 14.9 Å². The Balaban J connectivity index is 1.72. The molecule has 0 spiro atoms. The minimum absolute atomic E-state index is 0.135. The molecular formula is C23H27ClN4O2. The lowest BCUT2D eigenvalue weighted by atomic mass is 9.76. The number of hydrogen-bond donors (Lipinski definition) is 1. The van der Waals surface area contributed by atoms with E-state index >= 15 is 0 Å². The van der Waals surface area contributed by atoms with Crippen molar-refractivity contribution in [3.8, 4) is 11.8 Å². The van der Waals surface area contributed by atoms with Gasteiger partial charge in [0.1, 0.15) is 5.82 Å². The van der Waals surface area contributed by atoms with Crippen LogP contribution in [0.25, 0.3) is 0 Å². The highest BCUT2D eigenvalue weighted by Crippen LogP contribution is 2.42. The van der Waals surface area contributed by atoms with Crippen LogP contribution in [-0.4, -0.2) is 39.8 Å². The molecule has 2 aliphatic rings. The molecule has 2 amide bonds. The van der Waals surface area contributed by atoms with Gasteiger partial charge in [-0.2, -0.15) is 4.98 Å². The van der Waals surface area contributed by atoms with Gasteiger partial charge in [-0.3, -0.25) is 14.5 Å². The number of aromatic nitrogens is 2. The number of anilines is 1. The number of nitrogens with one attached hydrogen (secondary N) is 1. The van der Waals surface area contributed by atoms with E-state index < -0.39 is 16.7 Å². The Morgan fingerprint density at radius 1 is 1.33 bits per heavy atom. The van der Waals surface area contributed by atoms with Gasteiger partial charge in [-0.15, -0.1) is 0 Å². The van der Waals surface area contributed by atoms with Gasteiger partial charge in [0, 0.05) is 24.7 Å². The van der Waals surface area contributed by atoms with Gasteiger partial charge in [0.2, 0.25) is 17.1 Å². The van der Waals surface area contributed by atoms with Crippen LogP contribution in [0.2, 0.25) is 5.28 Å². The number of amides is 2. The molecule has 1 saturated heterocycles. The number of allylic oxidation sites excluding steroid dienone is 2. The Morgan fingerprint density at radius 2 is 2.10 bits per heavy atom. The first-order valence-electron chi connectivity index (χ1n) is 10.2. The van der Waals surface area contributed by atoms with Crippen LogP contribution in [0.5, 0.6) is 0 Å². The lowest BCUT2D eigenvalue weighted by molar-refractivity contribution is -0.140. The van der Waals surface area contributed by atoms with Crippen LogP contribution in [0.1, 0.15) is 46.1 Å². The molecule has 2 unspecified atom stereocenters. The first-order valence-corrected chi connectivity index (χ1v) is 10.6. The van der Waals surface area contributed by atoms with Gasteiger partial charge in [0.05, 0.1) is 16.9 Å². The molecule has 0 saturated carbocycles. The van der Waals surface area contributed by atoms with Crippen molar-refractivity contribution < 1.29 is 9.59 Å². The fourth-order valence-electron chi connectivity index (χ4n) is 3.57. The zero-order valence-corrected chi connectivity index (χ0v) is 18.6. The monoisotopic (exact) mass is 426 g/mol. The average Bonchev–Trinajstić information content (AvgIpc) is 2.90. The summed E-state index contributed by atoms with van der Waals surface area (Å²) in [5, 5.41) is 3.38. The minimum Gasteiger partial charge on any atom is -0.369 e.